The van der Waals surface area contributed by atoms with Gasteiger partial charge in [0, 0.05) is 18.3 Å². The minimum absolute atomic E-state index is 0.0712. The van der Waals surface area contributed by atoms with Crippen LogP contribution >= 0.6 is 0 Å². The molecule has 1 saturated carbocycles. The summed E-state index contributed by atoms with van der Waals surface area (Å²) in [4.78, 5) is 11.3. The van der Waals surface area contributed by atoms with Gasteiger partial charge in [-0.25, -0.2) is 0 Å². The summed E-state index contributed by atoms with van der Waals surface area (Å²) < 4.78 is 12.1. The topological polar surface area (TPSA) is 76.0 Å². The lowest BCUT2D eigenvalue weighted by atomic mass is 9.86. The lowest BCUT2D eigenvalue weighted by Crippen LogP contribution is -2.34. The second kappa shape index (κ2) is 9.38. The van der Waals surface area contributed by atoms with Crippen LogP contribution in [0.1, 0.15) is 51.0 Å². The summed E-state index contributed by atoms with van der Waals surface area (Å²) >= 11 is 0. The fraction of sp³-hybridized carbons (Fsp3) is 0.591. The fourth-order valence-electron chi connectivity index (χ4n) is 4.17. The number of aliphatic hydroxyl groups excluding tert-OH is 1. The SMILES string of the molecule is CCCCCC1C=C([C@H]2C(CC(=O)O)[C@H](O)C[C@H]2OCc2ccccc2)O1. The molecule has 5 heteroatoms. The van der Waals surface area contributed by atoms with E-state index in [1.807, 2.05) is 30.3 Å². The Hall–Kier alpha value is -1.85. The minimum Gasteiger partial charge on any atom is -0.490 e. The number of aliphatic carboxylic acids is 1. The molecule has 5 nitrogen and oxygen atoms in total. The molecular formula is C22H30O5. The van der Waals surface area contributed by atoms with Crippen LogP contribution < -0.4 is 0 Å². The number of hydrogen-bond donors (Lipinski definition) is 2. The number of carboxylic acid groups (broad SMARTS) is 1. The van der Waals surface area contributed by atoms with Gasteiger partial charge in [0.2, 0.25) is 0 Å². The predicted octanol–water partition coefficient (Wildman–Crippen LogP) is 3.91. The van der Waals surface area contributed by atoms with Gasteiger partial charge in [-0.15, -0.1) is 0 Å². The molecule has 0 radical (unpaired) electrons. The van der Waals surface area contributed by atoms with E-state index < -0.39 is 12.1 Å². The van der Waals surface area contributed by atoms with Crippen molar-refractivity contribution in [2.45, 2.75) is 70.4 Å². The predicted molar refractivity (Wildman–Crippen MR) is 102 cm³/mol. The molecule has 1 aliphatic carbocycles. The van der Waals surface area contributed by atoms with Crippen LogP contribution in [0, 0.1) is 11.8 Å². The number of carboxylic acids is 1. The Bertz CT molecular complexity index is 641. The first-order valence-electron chi connectivity index (χ1n) is 10.0. The number of hydrogen-bond acceptors (Lipinski definition) is 4. The van der Waals surface area contributed by atoms with Crippen LogP contribution in [-0.2, 0) is 20.9 Å². The number of unbranched alkanes of at least 4 members (excludes halogenated alkanes) is 2. The van der Waals surface area contributed by atoms with Gasteiger partial charge >= 0.3 is 5.97 Å². The van der Waals surface area contributed by atoms with Crippen molar-refractivity contribution < 1.29 is 24.5 Å². The molecule has 1 fully saturated rings. The van der Waals surface area contributed by atoms with Gasteiger partial charge in [-0.05, 0) is 24.5 Å². The van der Waals surface area contributed by atoms with Crippen molar-refractivity contribution in [3.05, 3.63) is 47.7 Å². The molecule has 2 aliphatic rings. The van der Waals surface area contributed by atoms with Crippen molar-refractivity contribution in [1.82, 2.24) is 0 Å². The van der Waals surface area contributed by atoms with E-state index in [4.69, 9.17) is 9.47 Å². The molecular weight excluding hydrogens is 344 g/mol. The number of rotatable bonds is 10. The van der Waals surface area contributed by atoms with E-state index in [2.05, 4.69) is 13.0 Å². The van der Waals surface area contributed by atoms with Gasteiger partial charge in [0.15, 0.2) is 0 Å². The molecule has 1 heterocycles. The van der Waals surface area contributed by atoms with Gasteiger partial charge in [-0.1, -0.05) is 50.1 Å². The van der Waals surface area contributed by atoms with Crippen molar-refractivity contribution in [2.24, 2.45) is 11.8 Å². The van der Waals surface area contributed by atoms with Crippen LogP contribution in [0.15, 0.2) is 42.2 Å². The van der Waals surface area contributed by atoms with E-state index in [1.165, 1.54) is 12.8 Å². The second-order valence-electron chi connectivity index (χ2n) is 7.65. The first kappa shape index (κ1) is 19.9. The van der Waals surface area contributed by atoms with Gasteiger partial charge in [0.1, 0.15) is 11.9 Å². The maximum absolute atomic E-state index is 11.3. The highest BCUT2D eigenvalue weighted by Gasteiger charge is 2.48. The van der Waals surface area contributed by atoms with Crippen molar-refractivity contribution in [1.29, 1.82) is 0 Å². The molecule has 148 valence electrons. The lowest BCUT2D eigenvalue weighted by molar-refractivity contribution is -0.139. The number of ether oxygens (including phenoxy) is 2. The fourth-order valence-corrected chi connectivity index (χ4v) is 4.17. The normalized spacial score (nSPS) is 29.7. The highest BCUT2D eigenvalue weighted by atomic mass is 16.5. The van der Waals surface area contributed by atoms with Gasteiger partial charge in [-0.2, -0.15) is 0 Å². The third-order valence-corrected chi connectivity index (χ3v) is 5.61. The molecule has 2 N–H and O–H groups in total. The Kier molecular flexibility index (Phi) is 6.91. The summed E-state index contributed by atoms with van der Waals surface area (Å²) in [5, 5.41) is 19.7. The average molecular weight is 374 g/mol. The summed E-state index contributed by atoms with van der Waals surface area (Å²) in [7, 11) is 0. The summed E-state index contributed by atoms with van der Waals surface area (Å²) in [5.74, 6) is -0.655. The average Bonchev–Trinajstić information content (AvgIpc) is 2.91. The summed E-state index contributed by atoms with van der Waals surface area (Å²) in [6.07, 6.45) is 6.16. The molecule has 0 amide bonds. The highest BCUT2D eigenvalue weighted by Crippen LogP contribution is 2.45. The number of benzene rings is 1. The molecule has 2 unspecified atom stereocenters. The maximum Gasteiger partial charge on any atom is 0.303 e. The summed E-state index contributed by atoms with van der Waals surface area (Å²) in [5.41, 5.74) is 1.06. The molecule has 1 aromatic carbocycles. The molecule has 1 aromatic rings. The molecule has 3 rings (SSSR count). The zero-order chi connectivity index (χ0) is 19.2. The van der Waals surface area contributed by atoms with E-state index in [-0.39, 0.29) is 30.5 Å². The molecule has 0 saturated heterocycles. The Morgan fingerprint density at radius 2 is 2.00 bits per heavy atom. The molecule has 0 aromatic heterocycles. The Morgan fingerprint density at radius 3 is 2.67 bits per heavy atom. The van der Waals surface area contributed by atoms with Gasteiger partial charge in [0.25, 0.3) is 0 Å². The summed E-state index contributed by atoms with van der Waals surface area (Å²) in [6.45, 7) is 2.62. The quantitative estimate of drug-likeness (QED) is 0.607. The Balaban J connectivity index is 1.66. The van der Waals surface area contributed by atoms with Crippen molar-refractivity contribution in [2.75, 3.05) is 0 Å². The third-order valence-electron chi connectivity index (χ3n) is 5.61. The zero-order valence-electron chi connectivity index (χ0n) is 15.9. The van der Waals surface area contributed by atoms with Gasteiger partial charge in [-0.3, -0.25) is 4.79 Å². The van der Waals surface area contributed by atoms with E-state index in [0.29, 0.717) is 13.0 Å². The van der Waals surface area contributed by atoms with E-state index >= 15 is 0 Å². The number of aliphatic hydroxyl groups is 1. The van der Waals surface area contributed by atoms with Crippen LogP contribution in [0.4, 0.5) is 0 Å². The van der Waals surface area contributed by atoms with Crippen LogP contribution in [0.5, 0.6) is 0 Å². The molecule has 27 heavy (non-hydrogen) atoms. The minimum atomic E-state index is -0.896. The molecule has 0 spiro atoms. The van der Waals surface area contributed by atoms with Crippen molar-refractivity contribution in [3.8, 4) is 0 Å². The monoisotopic (exact) mass is 374 g/mol. The first-order valence-corrected chi connectivity index (χ1v) is 10.0. The lowest BCUT2D eigenvalue weighted by Gasteiger charge is -2.35. The smallest absolute Gasteiger partial charge is 0.303 e. The number of carbonyl (C=O) groups is 1. The maximum atomic E-state index is 11.3. The van der Waals surface area contributed by atoms with Gasteiger partial charge in [0.05, 0.1) is 25.2 Å². The van der Waals surface area contributed by atoms with E-state index in [1.54, 1.807) is 0 Å². The largest absolute Gasteiger partial charge is 0.490 e. The van der Waals surface area contributed by atoms with Crippen LogP contribution in [0.25, 0.3) is 0 Å². The highest BCUT2D eigenvalue weighted by molar-refractivity contribution is 5.67. The van der Waals surface area contributed by atoms with Crippen molar-refractivity contribution in [3.63, 3.8) is 0 Å². The van der Waals surface area contributed by atoms with Crippen LogP contribution in [-0.4, -0.2) is 34.5 Å². The van der Waals surface area contributed by atoms with Crippen LogP contribution in [0.3, 0.4) is 0 Å². The van der Waals surface area contributed by atoms with E-state index in [9.17, 15) is 15.0 Å². The van der Waals surface area contributed by atoms with Crippen LogP contribution in [0.2, 0.25) is 0 Å². The Morgan fingerprint density at radius 1 is 1.26 bits per heavy atom. The Labute approximate surface area is 161 Å². The molecule has 5 atom stereocenters. The second-order valence-corrected chi connectivity index (χ2v) is 7.65. The first-order chi connectivity index (χ1) is 13.1. The molecule has 1 aliphatic heterocycles. The van der Waals surface area contributed by atoms with Crippen molar-refractivity contribution >= 4 is 5.97 Å². The van der Waals surface area contributed by atoms with Gasteiger partial charge < -0.3 is 19.7 Å². The standard InChI is InChI=1S/C22H30O5/c1-2-3-5-10-16-11-20(27-16)22-17(12-21(24)25)18(23)13-19(22)26-14-15-8-6-4-7-9-15/h4,6-9,11,16-19,22-23H,2-3,5,10,12-14H2,1H3,(H,24,25)/t16?,17?,18-,19-,22+/m1/s1. The molecule has 0 bridgehead atoms. The third kappa shape index (κ3) is 5.11. The summed E-state index contributed by atoms with van der Waals surface area (Å²) in [6, 6.07) is 9.88. The van der Waals surface area contributed by atoms with E-state index in [0.717, 1.165) is 24.2 Å². The zero-order valence-corrected chi connectivity index (χ0v) is 15.9.